The van der Waals surface area contributed by atoms with Crippen molar-refractivity contribution in [3.8, 4) is 5.75 Å². The largest absolute Gasteiger partial charge is 0.429 e. The average molecular weight is 271 g/mol. The minimum absolute atomic E-state index is 0.459. The number of carbonyl (C=O) groups excluding carboxylic acids is 1. The van der Waals surface area contributed by atoms with Gasteiger partial charge in [-0.15, -0.1) is 0 Å². The van der Waals surface area contributed by atoms with Gasteiger partial charge < -0.3 is 9.64 Å². The topological polar surface area (TPSA) is 29.5 Å². The number of ether oxygens (including phenoxy) is 1. The third kappa shape index (κ3) is 2.08. The molecule has 0 saturated heterocycles. The zero-order chi connectivity index (χ0) is 13.2. The Morgan fingerprint density at radius 3 is 2.74 bits per heavy atom. The van der Waals surface area contributed by atoms with E-state index in [9.17, 15) is 4.79 Å². The van der Waals surface area contributed by atoms with E-state index in [0.29, 0.717) is 12.2 Å². The Labute approximate surface area is 116 Å². The zero-order valence-electron chi connectivity index (χ0n) is 10.5. The highest BCUT2D eigenvalue weighted by Crippen LogP contribution is 2.48. The number of carbonyl (C=O) groups is 1. The molecule has 2 aromatic carbocycles. The molecule has 1 heterocycles. The fourth-order valence-corrected chi connectivity index (χ4v) is 3.41. The number of hydrogen-bond acceptors (Lipinski definition) is 4. The predicted octanol–water partition coefficient (Wildman–Crippen LogP) is 3.84. The number of benzene rings is 2. The highest BCUT2D eigenvalue weighted by atomic mass is 32.2. The fourth-order valence-electron chi connectivity index (χ4n) is 2.28. The molecule has 3 rings (SSSR count). The Morgan fingerprint density at radius 1 is 1.16 bits per heavy atom. The highest BCUT2D eigenvalue weighted by molar-refractivity contribution is 7.99. The van der Waals surface area contributed by atoms with Crippen LogP contribution < -0.4 is 9.64 Å². The van der Waals surface area contributed by atoms with Crippen LogP contribution in [0.25, 0.3) is 0 Å². The summed E-state index contributed by atoms with van der Waals surface area (Å²) in [6, 6.07) is 14.1. The summed E-state index contributed by atoms with van der Waals surface area (Å²) in [5.74, 6) is 0.580. The van der Waals surface area contributed by atoms with Crippen LogP contribution >= 0.6 is 11.8 Å². The van der Waals surface area contributed by atoms with Crippen molar-refractivity contribution in [2.24, 2.45) is 0 Å². The van der Waals surface area contributed by atoms with Gasteiger partial charge in [0.2, 0.25) is 0 Å². The first-order chi connectivity index (χ1) is 9.33. The van der Waals surface area contributed by atoms with Crippen molar-refractivity contribution in [1.29, 1.82) is 0 Å². The molecule has 0 aromatic heterocycles. The summed E-state index contributed by atoms with van der Waals surface area (Å²) in [4.78, 5) is 15.0. The number of rotatable bonds is 3. The fraction of sp³-hybridized carbons (Fsp3) is 0.133. The molecule has 2 aromatic rings. The van der Waals surface area contributed by atoms with E-state index in [1.54, 1.807) is 11.8 Å². The molecule has 1 aliphatic heterocycles. The van der Waals surface area contributed by atoms with E-state index in [-0.39, 0.29) is 0 Å². The first kappa shape index (κ1) is 12.1. The summed E-state index contributed by atoms with van der Waals surface area (Å²) in [6.07, 6.45) is 0. The van der Waals surface area contributed by atoms with Crippen LogP contribution in [0.5, 0.6) is 5.75 Å². The summed E-state index contributed by atoms with van der Waals surface area (Å²) < 4.78 is 4.92. The number of anilines is 2. The predicted molar refractivity (Wildman–Crippen MR) is 76.4 cm³/mol. The normalized spacial score (nSPS) is 12.6. The molecule has 0 spiro atoms. The Hall–Kier alpha value is -1.94. The van der Waals surface area contributed by atoms with Crippen LogP contribution in [0, 0.1) is 0 Å². The Morgan fingerprint density at radius 2 is 1.95 bits per heavy atom. The monoisotopic (exact) mass is 271 g/mol. The lowest BCUT2D eigenvalue weighted by atomic mass is 10.2. The van der Waals surface area contributed by atoms with E-state index in [4.69, 9.17) is 4.74 Å². The van der Waals surface area contributed by atoms with Gasteiger partial charge in [-0.25, -0.2) is 0 Å². The van der Waals surface area contributed by atoms with Gasteiger partial charge in [-0.05, 0) is 37.3 Å². The van der Waals surface area contributed by atoms with E-state index < -0.39 is 0 Å². The maximum Gasteiger partial charge on any atom is 0.298 e. The Bertz CT molecular complexity index is 627. The smallest absolute Gasteiger partial charge is 0.298 e. The molecule has 0 N–H and O–H groups in total. The first-order valence-electron chi connectivity index (χ1n) is 6.12. The quantitative estimate of drug-likeness (QED) is 0.793. The van der Waals surface area contributed by atoms with E-state index >= 15 is 0 Å². The van der Waals surface area contributed by atoms with Gasteiger partial charge in [0.15, 0.2) is 0 Å². The molecule has 0 amide bonds. The maximum atomic E-state index is 10.4. The van der Waals surface area contributed by atoms with Crippen molar-refractivity contribution in [3.05, 3.63) is 42.5 Å². The van der Waals surface area contributed by atoms with Crippen LogP contribution in [0.4, 0.5) is 11.4 Å². The second-order valence-corrected chi connectivity index (χ2v) is 5.24. The molecule has 3 nitrogen and oxygen atoms in total. The van der Waals surface area contributed by atoms with Crippen molar-refractivity contribution in [2.45, 2.75) is 16.7 Å². The Balaban J connectivity index is 2.09. The summed E-state index contributed by atoms with van der Waals surface area (Å²) >= 11 is 1.70. The van der Waals surface area contributed by atoms with Gasteiger partial charge in [0.25, 0.3) is 6.47 Å². The second-order valence-electron chi connectivity index (χ2n) is 4.16. The standard InChI is InChI=1S/C15H13NO2S/c1-2-16-12-5-3-4-6-14(12)19-15-9-11(18-10-17)7-8-13(15)16/h3-10H,2H2,1H3. The minimum Gasteiger partial charge on any atom is -0.429 e. The second kappa shape index (κ2) is 4.97. The molecule has 0 radical (unpaired) electrons. The summed E-state index contributed by atoms with van der Waals surface area (Å²) in [5.41, 5.74) is 2.39. The van der Waals surface area contributed by atoms with Crippen molar-refractivity contribution >= 4 is 29.6 Å². The molecule has 1 aliphatic rings. The van der Waals surface area contributed by atoms with Gasteiger partial charge in [0.1, 0.15) is 5.75 Å². The van der Waals surface area contributed by atoms with E-state index in [1.165, 1.54) is 10.6 Å². The van der Waals surface area contributed by atoms with Gasteiger partial charge >= 0.3 is 0 Å². The Kier molecular flexibility index (Phi) is 3.17. The van der Waals surface area contributed by atoms with Crippen LogP contribution in [-0.2, 0) is 4.79 Å². The summed E-state index contributed by atoms with van der Waals surface area (Å²) in [5, 5.41) is 0. The molecule has 0 unspecified atom stereocenters. The number of para-hydroxylation sites is 1. The number of hydrogen-bond donors (Lipinski definition) is 0. The van der Waals surface area contributed by atoms with E-state index in [1.807, 2.05) is 24.3 Å². The van der Waals surface area contributed by atoms with Crippen molar-refractivity contribution in [2.75, 3.05) is 11.4 Å². The maximum absolute atomic E-state index is 10.4. The van der Waals surface area contributed by atoms with Crippen molar-refractivity contribution in [1.82, 2.24) is 0 Å². The molecule has 0 fully saturated rings. The third-order valence-electron chi connectivity index (χ3n) is 3.10. The number of nitrogens with zero attached hydrogens (tertiary/aromatic N) is 1. The highest BCUT2D eigenvalue weighted by Gasteiger charge is 2.22. The lowest BCUT2D eigenvalue weighted by molar-refractivity contribution is -0.120. The summed E-state index contributed by atoms with van der Waals surface area (Å²) in [7, 11) is 0. The molecular formula is C15H13NO2S. The van der Waals surface area contributed by atoms with Gasteiger partial charge in [0.05, 0.1) is 11.4 Å². The zero-order valence-corrected chi connectivity index (χ0v) is 11.3. The van der Waals surface area contributed by atoms with Gasteiger partial charge in [-0.3, -0.25) is 4.79 Å². The minimum atomic E-state index is 0.459. The van der Waals surface area contributed by atoms with Crippen LogP contribution in [0.3, 0.4) is 0 Å². The van der Waals surface area contributed by atoms with E-state index in [0.717, 1.165) is 17.1 Å². The van der Waals surface area contributed by atoms with Crippen molar-refractivity contribution in [3.63, 3.8) is 0 Å². The van der Waals surface area contributed by atoms with Gasteiger partial charge in [-0.1, -0.05) is 23.9 Å². The number of fused-ring (bicyclic) bond motifs is 2. The molecule has 19 heavy (non-hydrogen) atoms. The lowest BCUT2D eigenvalue weighted by Crippen LogP contribution is -2.19. The summed E-state index contributed by atoms with van der Waals surface area (Å²) in [6.45, 7) is 3.49. The molecule has 0 atom stereocenters. The first-order valence-corrected chi connectivity index (χ1v) is 6.94. The van der Waals surface area contributed by atoms with Gasteiger partial charge in [-0.2, -0.15) is 0 Å². The van der Waals surface area contributed by atoms with Crippen LogP contribution in [0.1, 0.15) is 6.92 Å². The van der Waals surface area contributed by atoms with Crippen molar-refractivity contribution < 1.29 is 9.53 Å². The van der Waals surface area contributed by atoms with E-state index in [2.05, 4.69) is 30.0 Å². The molecule has 4 heteroatoms. The molecule has 0 bridgehead atoms. The van der Waals surface area contributed by atoms with Crippen LogP contribution in [-0.4, -0.2) is 13.0 Å². The molecular weight excluding hydrogens is 258 g/mol. The molecule has 0 saturated carbocycles. The van der Waals surface area contributed by atoms with Gasteiger partial charge in [0, 0.05) is 16.3 Å². The molecule has 0 aliphatic carbocycles. The molecule has 96 valence electrons. The average Bonchev–Trinajstić information content (AvgIpc) is 2.45. The van der Waals surface area contributed by atoms with Crippen LogP contribution in [0.15, 0.2) is 52.3 Å². The van der Waals surface area contributed by atoms with Crippen LogP contribution in [0.2, 0.25) is 0 Å². The third-order valence-corrected chi connectivity index (χ3v) is 4.21. The lowest BCUT2D eigenvalue weighted by Gasteiger charge is -2.31. The SMILES string of the molecule is CCN1c2ccccc2Sc2cc(OC=O)ccc21.